The van der Waals surface area contributed by atoms with Crippen molar-refractivity contribution in [1.29, 1.82) is 0 Å². The maximum Gasteiger partial charge on any atom is 0.303 e. The first-order valence-electron chi connectivity index (χ1n) is 17.5. The highest BCUT2D eigenvalue weighted by Gasteiger charge is 2.44. The maximum absolute atomic E-state index is 11.5. The molecule has 0 saturated carbocycles. The van der Waals surface area contributed by atoms with E-state index in [0.29, 0.717) is 97.2 Å². The van der Waals surface area contributed by atoms with Crippen LogP contribution in [0.25, 0.3) is 11.1 Å². The van der Waals surface area contributed by atoms with E-state index < -0.39 is 11.4 Å². The summed E-state index contributed by atoms with van der Waals surface area (Å²) < 4.78 is 45.1. The Labute approximate surface area is 296 Å². The van der Waals surface area contributed by atoms with Crippen LogP contribution < -0.4 is 9.47 Å². The number of fused-ring (bicyclic) bond motifs is 3. The molecule has 0 aliphatic heterocycles. The molecule has 0 unspecified atom stereocenters. The standard InChI is InChI=1S/C40H54O10/c1-30-8-11-33-34-12-9-31(2)28-36(34)40(35(33)27-30,14-6-5-7-39(41)42)32-10-13-37(49-25-23-47-21-19-45-17-15-43-3)38(29-32)50-26-24-48-22-20-46-18-16-44-4/h8-13,27-29H,5-7,14-26H2,1-4H3,(H,41,42). The Hall–Kier alpha value is -3.51. The first-order valence-corrected chi connectivity index (χ1v) is 17.5. The lowest BCUT2D eigenvalue weighted by atomic mass is 9.68. The van der Waals surface area contributed by atoms with Gasteiger partial charge in [0.2, 0.25) is 0 Å². The third kappa shape index (κ3) is 11.0. The summed E-state index contributed by atoms with van der Waals surface area (Å²) in [5.41, 5.74) is 7.78. The van der Waals surface area contributed by atoms with E-state index in [-0.39, 0.29) is 6.42 Å². The van der Waals surface area contributed by atoms with E-state index >= 15 is 0 Å². The summed E-state index contributed by atoms with van der Waals surface area (Å²) in [6.45, 7) is 9.71. The normalized spacial score (nSPS) is 12.9. The number of unbranched alkanes of at least 4 members (excludes halogenated alkanes) is 1. The van der Waals surface area contributed by atoms with Crippen molar-refractivity contribution in [3.63, 3.8) is 0 Å². The minimum Gasteiger partial charge on any atom is -0.487 e. The SMILES string of the molecule is COCCOCCOCCOc1ccc(C2(CCCCC(=O)O)c3cc(C)ccc3-c3ccc(C)cc32)cc1OCCOCCOCCOC. The predicted molar refractivity (Wildman–Crippen MR) is 192 cm³/mol. The average molecular weight is 695 g/mol. The second-order valence-electron chi connectivity index (χ2n) is 12.4. The fraction of sp³-hybridized carbons (Fsp3) is 0.525. The molecule has 50 heavy (non-hydrogen) atoms. The van der Waals surface area contributed by atoms with Gasteiger partial charge in [0.05, 0.1) is 66.1 Å². The maximum atomic E-state index is 11.5. The van der Waals surface area contributed by atoms with E-state index in [4.69, 9.17) is 37.9 Å². The first-order chi connectivity index (χ1) is 24.4. The number of rotatable bonds is 26. The molecule has 1 aliphatic rings. The molecule has 0 heterocycles. The molecule has 0 spiro atoms. The first kappa shape index (κ1) is 39.3. The minimum absolute atomic E-state index is 0.136. The van der Waals surface area contributed by atoms with Gasteiger partial charge in [0.1, 0.15) is 13.2 Å². The quantitative estimate of drug-likeness (QED) is 0.0951. The van der Waals surface area contributed by atoms with Crippen molar-refractivity contribution in [2.75, 3.05) is 93.5 Å². The van der Waals surface area contributed by atoms with E-state index in [1.807, 2.05) is 6.07 Å². The van der Waals surface area contributed by atoms with Crippen LogP contribution >= 0.6 is 0 Å². The number of carbonyl (C=O) groups is 1. The number of benzene rings is 3. The second kappa shape index (κ2) is 21.0. The Bertz CT molecular complexity index is 1420. The predicted octanol–water partition coefficient (Wildman–Crippen LogP) is 6.38. The van der Waals surface area contributed by atoms with Crippen LogP contribution in [0.4, 0.5) is 0 Å². The van der Waals surface area contributed by atoms with Crippen LogP contribution in [0.2, 0.25) is 0 Å². The second-order valence-corrected chi connectivity index (χ2v) is 12.4. The van der Waals surface area contributed by atoms with Gasteiger partial charge < -0.3 is 43.0 Å². The monoisotopic (exact) mass is 694 g/mol. The molecule has 1 aliphatic carbocycles. The molecule has 0 amide bonds. The molecule has 0 atom stereocenters. The third-order valence-electron chi connectivity index (χ3n) is 8.77. The van der Waals surface area contributed by atoms with Crippen LogP contribution in [-0.2, 0) is 38.6 Å². The number of aryl methyl sites for hydroxylation is 2. The summed E-state index contributed by atoms with van der Waals surface area (Å²) in [7, 11) is 3.29. The van der Waals surface area contributed by atoms with Crippen molar-refractivity contribution in [3.05, 3.63) is 82.4 Å². The number of hydrogen-bond donors (Lipinski definition) is 1. The van der Waals surface area contributed by atoms with E-state index in [1.165, 1.54) is 33.4 Å². The van der Waals surface area contributed by atoms with Crippen LogP contribution in [0.5, 0.6) is 11.5 Å². The summed E-state index contributed by atoms with van der Waals surface area (Å²) in [5, 5.41) is 9.42. The van der Waals surface area contributed by atoms with Gasteiger partial charge in [-0.2, -0.15) is 0 Å². The van der Waals surface area contributed by atoms with Crippen LogP contribution in [0.1, 0.15) is 53.5 Å². The zero-order valence-corrected chi connectivity index (χ0v) is 30.1. The lowest BCUT2D eigenvalue weighted by Gasteiger charge is -2.34. The number of hydrogen-bond acceptors (Lipinski definition) is 9. The highest BCUT2D eigenvalue weighted by Crippen LogP contribution is 2.56. The van der Waals surface area contributed by atoms with Crippen molar-refractivity contribution in [2.45, 2.75) is 44.9 Å². The van der Waals surface area contributed by atoms with Crippen molar-refractivity contribution < 1.29 is 47.8 Å². The van der Waals surface area contributed by atoms with E-state index in [0.717, 1.165) is 18.4 Å². The molecule has 0 bridgehead atoms. The molecule has 0 fully saturated rings. The minimum atomic E-state index is -0.776. The zero-order chi connectivity index (χ0) is 35.6. The van der Waals surface area contributed by atoms with Gasteiger partial charge in [-0.25, -0.2) is 0 Å². The summed E-state index contributed by atoms with van der Waals surface area (Å²) in [5.74, 6) is 0.455. The van der Waals surface area contributed by atoms with Crippen molar-refractivity contribution in [3.8, 4) is 22.6 Å². The van der Waals surface area contributed by atoms with Crippen molar-refractivity contribution >= 4 is 5.97 Å². The van der Waals surface area contributed by atoms with Gasteiger partial charge in [-0.1, -0.05) is 60.0 Å². The number of aliphatic carboxylic acids is 1. The number of carboxylic acid groups (broad SMARTS) is 1. The lowest BCUT2D eigenvalue weighted by molar-refractivity contribution is -0.137. The molecule has 3 aromatic rings. The van der Waals surface area contributed by atoms with Crippen LogP contribution in [0.15, 0.2) is 54.6 Å². The molecule has 4 rings (SSSR count). The van der Waals surface area contributed by atoms with Crippen molar-refractivity contribution in [1.82, 2.24) is 0 Å². The Morgan fingerprint density at radius 3 is 1.56 bits per heavy atom. The van der Waals surface area contributed by atoms with E-state index in [2.05, 4.69) is 62.4 Å². The molecular formula is C40H54O10. The Balaban J connectivity index is 1.59. The Kier molecular flexibility index (Phi) is 16.5. The lowest BCUT2D eigenvalue weighted by Crippen LogP contribution is -2.27. The molecule has 0 radical (unpaired) electrons. The fourth-order valence-corrected chi connectivity index (χ4v) is 6.38. The van der Waals surface area contributed by atoms with Gasteiger partial charge >= 0.3 is 5.97 Å². The van der Waals surface area contributed by atoms with Crippen LogP contribution in [0.3, 0.4) is 0 Å². The Morgan fingerprint density at radius 2 is 1.06 bits per heavy atom. The van der Waals surface area contributed by atoms with Crippen LogP contribution in [-0.4, -0.2) is 105 Å². The van der Waals surface area contributed by atoms with Crippen molar-refractivity contribution in [2.24, 2.45) is 0 Å². The summed E-state index contributed by atoms with van der Waals surface area (Å²) >= 11 is 0. The van der Waals surface area contributed by atoms with Crippen LogP contribution in [0, 0.1) is 13.8 Å². The highest BCUT2D eigenvalue weighted by molar-refractivity contribution is 5.84. The Morgan fingerprint density at radius 1 is 0.580 bits per heavy atom. The molecule has 0 saturated heterocycles. The number of ether oxygens (including phenoxy) is 8. The molecule has 10 heteroatoms. The number of methoxy groups -OCH3 is 2. The van der Waals surface area contributed by atoms with Gasteiger partial charge in [0, 0.05) is 26.1 Å². The molecule has 0 aromatic heterocycles. The third-order valence-corrected chi connectivity index (χ3v) is 8.77. The summed E-state index contributed by atoms with van der Waals surface area (Å²) in [6, 6.07) is 19.5. The number of carboxylic acids is 1. The van der Waals surface area contributed by atoms with Gasteiger partial charge in [-0.15, -0.1) is 0 Å². The fourth-order valence-electron chi connectivity index (χ4n) is 6.38. The topological polar surface area (TPSA) is 111 Å². The van der Waals surface area contributed by atoms with Gasteiger partial charge in [-0.05, 0) is 66.6 Å². The zero-order valence-electron chi connectivity index (χ0n) is 30.1. The molecule has 3 aromatic carbocycles. The molecular weight excluding hydrogens is 640 g/mol. The van der Waals surface area contributed by atoms with E-state index in [9.17, 15) is 9.90 Å². The average Bonchev–Trinajstić information content (AvgIpc) is 3.37. The highest BCUT2D eigenvalue weighted by atomic mass is 16.6. The van der Waals surface area contributed by atoms with Gasteiger partial charge in [-0.3, -0.25) is 4.79 Å². The summed E-state index contributed by atoms with van der Waals surface area (Å²) in [4.78, 5) is 11.5. The summed E-state index contributed by atoms with van der Waals surface area (Å²) in [6.07, 6.45) is 2.22. The van der Waals surface area contributed by atoms with Gasteiger partial charge in [0.15, 0.2) is 11.5 Å². The molecule has 274 valence electrons. The smallest absolute Gasteiger partial charge is 0.303 e. The largest absolute Gasteiger partial charge is 0.487 e. The molecule has 1 N–H and O–H groups in total. The van der Waals surface area contributed by atoms with Gasteiger partial charge in [0.25, 0.3) is 0 Å². The van der Waals surface area contributed by atoms with E-state index in [1.54, 1.807) is 14.2 Å². The molecule has 10 nitrogen and oxygen atoms in total.